The molecule has 2 aliphatic rings. The van der Waals surface area contributed by atoms with Gasteiger partial charge in [-0.2, -0.15) is 0 Å². The Hall–Kier alpha value is -2.18. The van der Waals surface area contributed by atoms with Crippen LogP contribution in [0, 0.1) is 0 Å². The number of aromatic nitrogens is 1. The number of carbonyl (C=O) groups is 3. The van der Waals surface area contributed by atoms with Crippen molar-refractivity contribution in [3.8, 4) is 0 Å². The smallest absolute Gasteiger partial charge is 0.543 e. The molecular formula is C16H17N6NaO8S3. The van der Waals surface area contributed by atoms with E-state index >= 15 is 0 Å². The number of nitrogens with zero attached hydrogens (tertiary/aromatic N) is 4. The third-order valence-corrected chi connectivity index (χ3v) is 7.95. The van der Waals surface area contributed by atoms with Crippen molar-refractivity contribution >= 4 is 67.8 Å². The topological polar surface area (TPSA) is 217 Å². The first-order valence-corrected chi connectivity index (χ1v) is 12.7. The first-order chi connectivity index (χ1) is 15.6. The molecule has 0 aromatic carbocycles. The van der Waals surface area contributed by atoms with Gasteiger partial charge in [-0.3, -0.25) is 14.5 Å². The van der Waals surface area contributed by atoms with Gasteiger partial charge in [-0.1, -0.05) is 5.16 Å². The quantitative estimate of drug-likeness (QED) is 0.0881. The second-order valence-electron chi connectivity index (χ2n) is 6.65. The van der Waals surface area contributed by atoms with Crippen molar-refractivity contribution in [3.05, 3.63) is 22.3 Å². The normalized spacial score (nSPS) is 20.4. The minimum atomic E-state index is -3.85. The number of β-lactam (4-membered cyclic amide) rings is 1. The van der Waals surface area contributed by atoms with Crippen LogP contribution >= 0.6 is 23.1 Å². The Labute approximate surface area is 223 Å². The Morgan fingerprint density at radius 3 is 2.76 bits per heavy atom. The van der Waals surface area contributed by atoms with Gasteiger partial charge in [0.15, 0.2) is 20.7 Å². The van der Waals surface area contributed by atoms with Crippen LogP contribution in [0.25, 0.3) is 0 Å². The summed E-state index contributed by atoms with van der Waals surface area (Å²) in [6.07, 6.45) is 0.753. The second-order valence-corrected chi connectivity index (χ2v) is 10.8. The van der Waals surface area contributed by atoms with Crippen LogP contribution in [0.5, 0.6) is 0 Å². The fourth-order valence-electron chi connectivity index (χ4n) is 3.16. The first kappa shape index (κ1) is 28.1. The van der Waals surface area contributed by atoms with E-state index in [0.29, 0.717) is 0 Å². The van der Waals surface area contributed by atoms with E-state index in [-0.39, 0.29) is 57.4 Å². The Morgan fingerprint density at radius 1 is 1.50 bits per heavy atom. The van der Waals surface area contributed by atoms with Gasteiger partial charge in [0.25, 0.3) is 11.8 Å². The Balaban J connectivity index is 0.00000408. The molecule has 3 heterocycles. The number of oxime groups is 2. The third kappa shape index (κ3) is 5.89. The van der Waals surface area contributed by atoms with Gasteiger partial charge in [0.05, 0.1) is 29.4 Å². The minimum absolute atomic E-state index is 0. The zero-order chi connectivity index (χ0) is 24.3. The number of nitrogens with two attached hydrogens (primary N) is 1. The number of carboxylic acid groups (broad SMARTS) is 1. The van der Waals surface area contributed by atoms with Crippen LogP contribution in [-0.4, -0.2) is 89.0 Å². The van der Waals surface area contributed by atoms with Crippen molar-refractivity contribution in [2.24, 2.45) is 10.3 Å². The van der Waals surface area contributed by atoms with Gasteiger partial charge in [-0.15, -0.1) is 28.3 Å². The maximum Gasteiger partial charge on any atom is 1.00 e. The number of nitrogens with one attached hydrogen (secondary N) is 1. The predicted molar refractivity (Wildman–Crippen MR) is 116 cm³/mol. The Morgan fingerprint density at radius 2 is 2.21 bits per heavy atom. The number of fused-ring (bicyclic) bond motifs is 1. The maximum atomic E-state index is 12.7. The SMILES string of the molecule is CO/N=C(\C(=O)NC1C(=O)N2C(C(=O)[O-])=C(CS(=O)(=O)CC=NO)CS[C@H]12)c1csc(N)n1.[Na+]. The van der Waals surface area contributed by atoms with E-state index in [1.54, 1.807) is 0 Å². The number of aliphatic carboxylic acids is 1. The number of nitrogen functional groups attached to an aromatic ring is 1. The number of rotatable bonds is 9. The van der Waals surface area contributed by atoms with E-state index in [4.69, 9.17) is 10.9 Å². The van der Waals surface area contributed by atoms with Crippen LogP contribution in [-0.2, 0) is 29.1 Å². The molecule has 14 nitrogen and oxygen atoms in total. The Bertz CT molecular complexity index is 1180. The molecule has 0 aliphatic carbocycles. The van der Waals surface area contributed by atoms with E-state index in [1.807, 2.05) is 0 Å². The van der Waals surface area contributed by atoms with Crippen molar-refractivity contribution in [2.45, 2.75) is 11.4 Å². The van der Waals surface area contributed by atoms with Crippen LogP contribution in [0.15, 0.2) is 27.0 Å². The average molecular weight is 541 g/mol. The van der Waals surface area contributed by atoms with E-state index in [9.17, 15) is 27.9 Å². The number of hydrogen-bond acceptors (Lipinski definition) is 14. The van der Waals surface area contributed by atoms with Gasteiger partial charge in [0.2, 0.25) is 0 Å². The van der Waals surface area contributed by atoms with Crippen LogP contribution in [0.1, 0.15) is 5.69 Å². The summed E-state index contributed by atoms with van der Waals surface area (Å²) in [6, 6.07) is -1.10. The van der Waals surface area contributed by atoms with Crippen LogP contribution in [0.3, 0.4) is 0 Å². The van der Waals surface area contributed by atoms with Crippen LogP contribution in [0.2, 0.25) is 0 Å². The number of sulfone groups is 1. The number of carbonyl (C=O) groups excluding carboxylic acids is 3. The summed E-state index contributed by atoms with van der Waals surface area (Å²) in [6.45, 7) is 0. The van der Waals surface area contributed by atoms with Crippen LogP contribution in [0.4, 0.5) is 5.13 Å². The predicted octanol–water partition coefficient (Wildman–Crippen LogP) is -5.64. The fourth-order valence-corrected chi connectivity index (χ4v) is 6.36. The van der Waals surface area contributed by atoms with E-state index in [2.05, 4.69) is 25.4 Å². The first-order valence-electron chi connectivity index (χ1n) is 8.97. The molecule has 34 heavy (non-hydrogen) atoms. The molecule has 1 aromatic rings. The standard InChI is InChI=1S/C16H18N6O8S3.Na/c1-30-21-9(8-5-32-16(17)19-8)12(23)20-10-13(24)22-11(15(25)26)7(4-31-14(10)22)6-33(28,29)3-2-18-27;/h2,5,10,14,27H,3-4,6H2,1H3,(H2,17,19)(H,20,23)(H,25,26);/q;+1/p-1/b18-2?,21-9-;/t10?,14-;/m1./s1. The number of carboxylic acids is 1. The Kier molecular flexibility index (Phi) is 9.49. The number of thioether (sulfide) groups is 1. The zero-order valence-corrected chi connectivity index (χ0v) is 22.3. The molecule has 3 rings (SSSR count). The van der Waals surface area contributed by atoms with Crippen molar-refractivity contribution in [2.75, 3.05) is 30.1 Å². The zero-order valence-electron chi connectivity index (χ0n) is 17.8. The van der Waals surface area contributed by atoms with E-state index in [0.717, 1.165) is 34.2 Å². The third-order valence-electron chi connectivity index (χ3n) is 4.49. The molecule has 2 amide bonds. The molecule has 0 spiro atoms. The summed E-state index contributed by atoms with van der Waals surface area (Å²) < 4.78 is 24.3. The van der Waals surface area contributed by atoms with Crippen molar-refractivity contribution < 1.29 is 67.5 Å². The summed E-state index contributed by atoms with van der Waals surface area (Å²) in [5.41, 5.74) is 4.87. The van der Waals surface area contributed by atoms with Crippen LogP contribution < -0.4 is 45.7 Å². The summed E-state index contributed by atoms with van der Waals surface area (Å²) in [4.78, 5) is 46.7. The molecule has 0 bridgehead atoms. The summed E-state index contributed by atoms with van der Waals surface area (Å²) in [5, 5.41) is 29.7. The van der Waals surface area contributed by atoms with Gasteiger partial charge < -0.3 is 31.0 Å². The van der Waals surface area contributed by atoms with E-state index < -0.39 is 56.2 Å². The molecule has 1 aromatic heterocycles. The van der Waals surface area contributed by atoms with Crippen molar-refractivity contribution in [1.29, 1.82) is 0 Å². The number of anilines is 1. The minimum Gasteiger partial charge on any atom is -0.543 e. The summed E-state index contributed by atoms with van der Waals surface area (Å²) in [7, 11) is -2.63. The molecular weight excluding hydrogens is 523 g/mol. The molecule has 2 atom stereocenters. The molecule has 2 aliphatic heterocycles. The largest absolute Gasteiger partial charge is 1.00 e. The maximum absolute atomic E-state index is 12.7. The number of amides is 2. The average Bonchev–Trinajstić information content (AvgIpc) is 3.19. The van der Waals surface area contributed by atoms with Crippen molar-refractivity contribution in [1.82, 2.24) is 15.2 Å². The number of hydrogen-bond donors (Lipinski definition) is 3. The summed E-state index contributed by atoms with van der Waals surface area (Å²) >= 11 is 2.14. The van der Waals surface area contributed by atoms with Gasteiger partial charge in [0.1, 0.15) is 24.2 Å². The van der Waals surface area contributed by atoms with Crippen molar-refractivity contribution in [3.63, 3.8) is 0 Å². The summed E-state index contributed by atoms with van der Waals surface area (Å²) in [5.74, 6) is -4.60. The molecule has 1 unspecified atom stereocenters. The number of thiazole rings is 1. The van der Waals surface area contributed by atoms with E-state index in [1.165, 1.54) is 12.5 Å². The van der Waals surface area contributed by atoms with Gasteiger partial charge in [-0.25, -0.2) is 13.4 Å². The molecule has 178 valence electrons. The van der Waals surface area contributed by atoms with Gasteiger partial charge in [0, 0.05) is 11.1 Å². The second kappa shape index (κ2) is 11.5. The molecule has 4 N–H and O–H groups in total. The van der Waals surface area contributed by atoms with Gasteiger partial charge in [-0.05, 0) is 5.57 Å². The molecule has 1 saturated heterocycles. The van der Waals surface area contributed by atoms with Gasteiger partial charge >= 0.3 is 29.6 Å². The molecule has 1 fully saturated rings. The molecule has 0 saturated carbocycles. The fraction of sp³-hybridized carbons (Fsp3) is 0.375. The molecule has 0 radical (unpaired) electrons. The molecule has 18 heteroatoms. The monoisotopic (exact) mass is 540 g/mol.